The molecular weight excluding hydrogens is 244 g/mol. The van der Waals surface area contributed by atoms with Crippen LogP contribution in [0, 0.1) is 0 Å². The third-order valence-corrected chi connectivity index (χ3v) is 2.69. The van der Waals surface area contributed by atoms with Gasteiger partial charge in [-0.2, -0.15) is 0 Å². The molecule has 3 N–H and O–H groups in total. The Morgan fingerprint density at radius 2 is 2.22 bits per heavy atom. The molecule has 0 bridgehead atoms. The zero-order valence-electron chi connectivity index (χ0n) is 9.42. The van der Waals surface area contributed by atoms with Crippen LogP contribution in [0.3, 0.4) is 0 Å². The summed E-state index contributed by atoms with van der Waals surface area (Å²) in [7, 11) is 0. The highest BCUT2D eigenvalue weighted by atomic mass is 16.6. The van der Waals surface area contributed by atoms with Gasteiger partial charge in [0.1, 0.15) is 37.4 Å². The number of ether oxygens (including phenoxy) is 2. The number of aliphatic hydroxyl groups is 3. The molecule has 1 fully saturated rings. The van der Waals surface area contributed by atoms with Crippen molar-refractivity contribution in [1.29, 1.82) is 0 Å². The van der Waals surface area contributed by atoms with Gasteiger partial charge in [0.2, 0.25) is 0 Å². The van der Waals surface area contributed by atoms with E-state index in [1.54, 1.807) is 0 Å². The highest BCUT2D eigenvalue weighted by molar-refractivity contribution is 5.69. The van der Waals surface area contributed by atoms with E-state index in [0.29, 0.717) is 0 Å². The van der Waals surface area contributed by atoms with Gasteiger partial charge in [-0.15, -0.1) is 0 Å². The van der Waals surface area contributed by atoms with Crippen LogP contribution in [0.1, 0.15) is 0 Å². The Labute approximate surface area is 102 Å². The minimum Gasteiger partial charge on any atom is -0.446 e. The van der Waals surface area contributed by atoms with Crippen molar-refractivity contribution in [3.8, 4) is 0 Å². The fourth-order valence-corrected chi connectivity index (χ4v) is 1.61. The molecule has 18 heavy (non-hydrogen) atoms. The monoisotopic (exact) mass is 258 g/mol. The zero-order valence-corrected chi connectivity index (χ0v) is 9.42. The lowest BCUT2D eigenvalue weighted by Gasteiger charge is -2.34. The molecule has 1 aromatic rings. The Hall–Kier alpha value is -1.48. The summed E-state index contributed by atoms with van der Waals surface area (Å²) in [5, 5.41) is 28.3. The van der Waals surface area contributed by atoms with E-state index in [1.165, 1.54) is 18.7 Å². The molecule has 100 valence electrons. The van der Waals surface area contributed by atoms with Crippen molar-refractivity contribution < 1.29 is 29.6 Å². The van der Waals surface area contributed by atoms with Crippen LogP contribution in [0.2, 0.25) is 0 Å². The maximum atomic E-state index is 11.5. The quantitative estimate of drug-likeness (QED) is 0.582. The van der Waals surface area contributed by atoms with E-state index in [9.17, 15) is 20.1 Å². The second-order valence-electron chi connectivity index (χ2n) is 3.97. The lowest BCUT2D eigenvalue weighted by Crippen LogP contribution is -2.54. The van der Waals surface area contributed by atoms with E-state index in [2.05, 4.69) is 4.98 Å². The predicted octanol–water partition coefficient (Wildman–Crippen LogP) is -1.65. The molecule has 4 atom stereocenters. The van der Waals surface area contributed by atoms with Gasteiger partial charge in [0, 0.05) is 12.4 Å². The molecule has 2 rings (SSSR count). The number of imidazole rings is 1. The zero-order chi connectivity index (χ0) is 13.1. The van der Waals surface area contributed by atoms with Crippen molar-refractivity contribution in [2.75, 3.05) is 13.2 Å². The fourth-order valence-electron chi connectivity index (χ4n) is 1.61. The van der Waals surface area contributed by atoms with Crippen LogP contribution >= 0.6 is 0 Å². The van der Waals surface area contributed by atoms with Crippen molar-refractivity contribution >= 4 is 6.09 Å². The Morgan fingerprint density at radius 3 is 2.89 bits per heavy atom. The van der Waals surface area contributed by atoms with Gasteiger partial charge < -0.3 is 24.8 Å². The molecule has 2 heterocycles. The molecule has 0 spiro atoms. The van der Waals surface area contributed by atoms with E-state index in [0.717, 1.165) is 4.57 Å². The summed E-state index contributed by atoms with van der Waals surface area (Å²) in [5.41, 5.74) is 0. The third-order valence-electron chi connectivity index (χ3n) is 2.69. The number of nitrogens with zero attached hydrogens (tertiary/aromatic N) is 2. The van der Waals surface area contributed by atoms with Crippen LogP contribution < -0.4 is 0 Å². The highest BCUT2D eigenvalue weighted by Crippen LogP contribution is 2.15. The number of hydrogen-bond donors (Lipinski definition) is 3. The van der Waals surface area contributed by atoms with Crippen LogP contribution in [-0.4, -0.2) is 68.6 Å². The number of carbonyl (C=O) groups is 1. The molecule has 0 amide bonds. The number of carbonyl (C=O) groups excluding carboxylic acids is 1. The molecule has 0 radical (unpaired) electrons. The van der Waals surface area contributed by atoms with Crippen molar-refractivity contribution in [3.63, 3.8) is 0 Å². The summed E-state index contributed by atoms with van der Waals surface area (Å²) in [6.07, 6.45) is -1.16. The minimum absolute atomic E-state index is 0.120. The van der Waals surface area contributed by atoms with E-state index in [1.807, 2.05) is 0 Å². The first-order valence-electron chi connectivity index (χ1n) is 5.40. The number of aromatic nitrogens is 2. The van der Waals surface area contributed by atoms with Crippen molar-refractivity contribution in [1.82, 2.24) is 9.55 Å². The first-order chi connectivity index (χ1) is 8.59. The molecule has 4 unspecified atom stereocenters. The second-order valence-corrected chi connectivity index (χ2v) is 3.97. The summed E-state index contributed by atoms with van der Waals surface area (Å²) in [6, 6.07) is 0. The SMILES string of the molecule is O=C(OCC1OCC(O)C(O)C1O)n1ccnc1. The molecular formula is C10H14N2O6. The molecule has 0 aromatic carbocycles. The first-order valence-corrected chi connectivity index (χ1v) is 5.40. The predicted molar refractivity (Wildman–Crippen MR) is 56.7 cm³/mol. The van der Waals surface area contributed by atoms with Crippen molar-refractivity contribution in [2.24, 2.45) is 0 Å². The Bertz CT molecular complexity index is 395. The van der Waals surface area contributed by atoms with E-state index in [4.69, 9.17) is 9.47 Å². The maximum Gasteiger partial charge on any atom is 0.419 e. The Morgan fingerprint density at radius 1 is 1.44 bits per heavy atom. The van der Waals surface area contributed by atoms with Crippen LogP contribution in [0.5, 0.6) is 0 Å². The molecule has 8 heteroatoms. The Kier molecular flexibility index (Phi) is 3.92. The molecule has 1 aliphatic rings. The summed E-state index contributed by atoms with van der Waals surface area (Å²) in [4.78, 5) is 15.1. The van der Waals surface area contributed by atoms with Gasteiger partial charge in [0.15, 0.2) is 0 Å². The van der Waals surface area contributed by atoms with Gasteiger partial charge in [0.25, 0.3) is 0 Å². The normalized spacial score (nSPS) is 32.2. The van der Waals surface area contributed by atoms with Gasteiger partial charge in [-0.05, 0) is 0 Å². The molecule has 1 saturated heterocycles. The highest BCUT2D eigenvalue weighted by Gasteiger charge is 2.38. The average molecular weight is 258 g/mol. The van der Waals surface area contributed by atoms with Crippen molar-refractivity contribution in [2.45, 2.75) is 24.4 Å². The molecule has 0 aliphatic carbocycles. The summed E-state index contributed by atoms with van der Waals surface area (Å²) >= 11 is 0. The van der Waals surface area contributed by atoms with Crippen LogP contribution in [-0.2, 0) is 9.47 Å². The molecule has 1 aliphatic heterocycles. The molecule has 1 aromatic heterocycles. The van der Waals surface area contributed by atoms with Crippen molar-refractivity contribution in [3.05, 3.63) is 18.7 Å². The average Bonchev–Trinajstić information content (AvgIpc) is 2.89. The molecule has 0 saturated carbocycles. The van der Waals surface area contributed by atoms with Gasteiger partial charge in [-0.3, -0.25) is 0 Å². The number of aliphatic hydroxyl groups excluding tert-OH is 3. The topological polar surface area (TPSA) is 114 Å². The van der Waals surface area contributed by atoms with E-state index in [-0.39, 0.29) is 13.2 Å². The Balaban J connectivity index is 1.85. The summed E-state index contributed by atoms with van der Waals surface area (Å²) in [5.74, 6) is 0. The van der Waals surface area contributed by atoms with E-state index >= 15 is 0 Å². The largest absolute Gasteiger partial charge is 0.446 e. The molecule has 8 nitrogen and oxygen atoms in total. The third kappa shape index (κ3) is 2.67. The van der Waals surface area contributed by atoms with Crippen LogP contribution in [0.15, 0.2) is 18.7 Å². The fraction of sp³-hybridized carbons (Fsp3) is 0.600. The number of rotatable bonds is 2. The van der Waals surface area contributed by atoms with Gasteiger partial charge in [-0.25, -0.2) is 14.3 Å². The van der Waals surface area contributed by atoms with Gasteiger partial charge in [0.05, 0.1) is 6.61 Å². The lowest BCUT2D eigenvalue weighted by molar-refractivity contribution is -0.195. The van der Waals surface area contributed by atoms with Gasteiger partial charge >= 0.3 is 6.09 Å². The van der Waals surface area contributed by atoms with Gasteiger partial charge in [-0.1, -0.05) is 0 Å². The summed E-state index contributed by atoms with van der Waals surface area (Å²) < 4.78 is 11.1. The summed E-state index contributed by atoms with van der Waals surface area (Å²) in [6.45, 7) is -0.340. The first kappa shape index (κ1) is 13.0. The second kappa shape index (κ2) is 5.44. The van der Waals surface area contributed by atoms with Crippen LogP contribution in [0.4, 0.5) is 4.79 Å². The lowest BCUT2D eigenvalue weighted by atomic mass is 10.0. The van der Waals surface area contributed by atoms with Crippen LogP contribution in [0.25, 0.3) is 0 Å². The van der Waals surface area contributed by atoms with E-state index < -0.39 is 30.5 Å². The number of hydrogen-bond acceptors (Lipinski definition) is 7. The smallest absolute Gasteiger partial charge is 0.419 e. The standard InChI is InChI=1S/C10H14N2O6/c13-6-3-17-7(9(15)8(6)14)4-18-10(16)12-2-1-11-5-12/h1-2,5-9,13-15H,3-4H2. The minimum atomic E-state index is -1.31. The maximum absolute atomic E-state index is 11.5.